The lowest BCUT2D eigenvalue weighted by Gasteiger charge is -2.31. The Morgan fingerprint density at radius 2 is 1.73 bits per heavy atom. The molecule has 214 valence electrons. The Morgan fingerprint density at radius 3 is 2.41 bits per heavy atom. The fraction of sp³-hybridized carbons (Fsp3) is 0.344. The predicted octanol–water partition coefficient (Wildman–Crippen LogP) is 4.30. The van der Waals surface area contributed by atoms with Gasteiger partial charge in [0.2, 0.25) is 0 Å². The first-order valence-electron chi connectivity index (χ1n) is 13.9. The first-order chi connectivity index (χ1) is 19.9. The van der Waals surface area contributed by atoms with Gasteiger partial charge in [-0.1, -0.05) is 42.0 Å². The minimum atomic E-state index is -0.611. The van der Waals surface area contributed by atoms with Gasteiger partial charge in [0, 0.05) is 32.6 Å². The van der Waals surface area contributed by atoms with Crippen LogP contribution in [0.2, 0.25) is 0 Å². The van der Waals surface area contributed by atoms with E-state index < -0.39 is 11.7 Å². The average molecular weight is 559 g/mol. The molecule has 2 amide bonds. The predicted molar refractivity (Wildman–Crippen MR) is 154 cm³/mol. The summed E-state index contributed by atoms with van der Waals surface area (Å²) in [7, 11) is 1.61. The third kappa shape index (κ3) is 6.81. The lowest BCUT2D eigenvalue weighted by Crippen LogP contribution is -2.46. The molecule has 1 fully saturated rings. The number of morpholine rings is 1. The van der Waals surface area contributed by atoms with Crippen LogP contribution in [-0.2, 0) is 9.53 Å². The third-order valence-electron chi connectivity index (χ3n) is 7.56. The molecule has 2 aliphatic rings. The zero-order valence-corrected chi connectivity index (χ0v) is 23.5. The smallest absolute Gasteiger partial charge is 0.262 e. The average Bonchev–Trinajstić information content (AvgIpc) is 3.46. The number of aryl methyl sites for hydroxylation is 1. The molecule has 0 radical (unpaired) electrons. The van der Waals surface area contributed by atoms with Crippen molar-refractivity contribution in [2.75, 3.05) is 53.0 Å². The molecular weight excluding hydrogens is 523 g/mol. The Bertz CT molecular complexity index is 1390. The monoisotopic (exact) mass is 558 g/mol. The molecular formula is C32H35FN4O4. The van der Waals surface area contributed by atoms with Crippen molar-refractivity contribution >= 4 is 17.5 Å². The molecule has 0 unspecified atom stereocenters. The SMILES string of the molecule is COc1ccc(C2=NN(C(=O)CN(CCN3CCOCC3)C(=O)c3ccccc3F)[C@@H](c3ccc(C)cc3)C2)cc1. The van der Waals surface area contributed by atoms with E-state index in [0.29, 0.717) is 26.2 Å². The van der Waals surface area contributed by atoms with Crippen LogP contribution in [0, 0.1) is 12.7 Å². The zero-order valence-electron chi connectivity index (χ0n) is 23.5. The molecule has 1 atom stereocenters. The van der Waals surface area contributed by atoms with Crippen LogP contribution in [0.25, 0.3) is 0 Å². The Balaban J connectivity index is 1.42. The molecule has 0 aliphatic carbocycles. The van der Waals surface area contributed by atoms with E-state index in [2.05, 4.69) is 4.90 Å². The van der Waals surface area contributed by atoms with Crippen molar-refractivity contribution in [1.29, 1.82) is 0 Å². The van der Waals surface area contributed by atoms with Crippen LogP contribution in [-0.4, -0.2) is 85.4 Å². The molecule has 2 aliphatic heterocycles. The number of halogens is 1. The lowest BCUT2D eigenvalue weighted by atomic mass is 9.97. The van der Waals surface area contributed by atoms with E-state index in [1.165, 1.54) is 22.0 Å². The van der Waals surface area contributed by atoms with Crippen molar-refractivity contribution in [3.63, 3.8) is 0 Å². The summed E-state index contributed by atoms with van der Waals surface area (Å²) in [5.74, 6) is -0.723. The molecule has 41 heavy (non-hydrogen) atoms. The highest BCUT2D eigenvalue weighted by Crippen LogP contribution is 2.33. The van der Waals surface area contributed by atoms with Gasteiger partial charge in [-0.15, -0.1) is 0 Å². The molecule has 9 heteroatoms. The number of rotatable bonds is 9. The van der Waals surface area contributed by atoms with Gasteiger partial charge in [-0.3, -0.25) is 14.5 Å². The number of carbonyl (C=O) groups excluding carboxylic acids is 2. The van der Waals surface area contributed by atoms with E-state index in [1.54, 1.807) is 19.2 Å². The molecule has 1 saturated heterocycles. The van der Waals surface area contributed by atoms with Gasteiger partial charge >= 0.3 is 0 Å². The van der Waals surface area contributed by atoms with Crippen LogP contribution in [0.3, 0.4) is 0 Å². The van der Waals surface area contributed by atoms with E-state index in [1.807, 2.05) is 55.5 Å². The van der Waals surface area contributed by atoms with E-state index in [-0.39, 0.29) is 30.6 Å². The Hall–Kier alpha value is -4.08. The fourth-order valence-electron chi connectivity index (χ4n) is 5.13. The van der Waals surface area contributed by atoms with Gasteiger partial charge in [-0.25, -0.2) is 9.40 Å². The standard InChI is InChI=1S/C32H35FN4O4/c1-23-7-9-25(10-8-23)30-21-29(24-11-13-26(40-2)14-12-24)34-37(30)31(38)22-36(16-15-35-17-19-41-20-18-35)32(39)27-5-3-4-6-28(27)33/h3-14,30H,15-22H2,1-2H3/t30-/m1/s1. The van der Waals surface area contributed by atoms with Gasteiger partial charge < -0.3 is 14.4 Å². The summed E-state index contributed by atoms with van der Waals surface area (Å²) in [6.45, 7) is 5.35. The van der Waals surface area contributed by atoms with E-state index >= 15 is 0 Å². The first kappa shape index (κ1) is 28.4. The number of carbonyl (C=O) groups is 2. The van der Waals surface area contributed by atoms with E-state index in [0.717, 1.165) is 41.2 Å². The van der Waals surface area contributed by atoms with Crippen LogP contribution in [0.5, 0.6) is 5.75 Å². The highest BCUT2D eigenvalue weighted by Gasteiger charge is 2.35. The number of hydrogen-bond donors (Lipinski definition) is 0. The van der Waals surface area contributed by atoms with Gasteiger partial charge in [-0.05, 0) is 54.4 Å². The molecule has 0 bridgehead atoms. The van der Waals surface area contributed by atoms with Gasteiger partial charge in [0.1, 0.15) is 18.1 Å². The molecule has 0 saturated carbocycles. The van der Waals surface area contributed by atoms with Crippen LogP contribution < -0.4 is 4.74 Å². The van der Waals surface area contributed by atoms with Crippen molar-refractivity contribution in [1.82, 2.24) is 14.8 Å². The van der Waals surface area contributed by atoms with Crippen molar-refractivity contribution in [2.45, 2.75) is 19.4 Å². The van der Waals surface area contributed by atoms with Crippen LogP contribution in [0.15, 0.2) is 77.9 Å². The number of methoxy groups -OCH3 is 1. The summed E-state index contributed by atoms with van der Waals surface area (Å²) in [5.41, 5.74) is 3.68. The number of amides is 2. The number of benzene rings is 3. The normalized spacial score (nSPS) is 17.3. The Labute approximate surface area is 240 Å². The summed E-state index contributed by atoms with van der Waals surface area (Å²) < 4.78 is 25.4. The van der Waals surface area contributed by atoms with Crippen LogP contribution in [0.4, 0.5) is 4.39 Å². The number of ether oxygens (including phenoxy) is 2. The summed E-state index contributed by atoms with van der Waals surface area (Å²) in [6.07, 6.45) is 0.524. The highest BCUT2D eigenvalue weighted by atomic mass is 19.1. The second-order valence-corrected chi connectivity index (χ2v) is 10.3. The third-order valence-corrected chi connectivity index (χ3v) is 7.56. The summed E-state index contributed by atoms with van der Waals surface area (Å²) in [6, 6.07) is 21.2. The molecule has 0 N–H and O–H groups in total. The highest BCUT2D eigenvalue weighted by molar-refractivity contribution is 6.04. The number of hydrazone groups is 1. The van der Waals surface area contributed by atoms with Crippen LogP contribution >= 0.6 is 0 Å². The summed E-state index contributed by atoms with van der Waals surface area (Å²) >= 11 is 0. The fourth-order valence-corrected chi connectivity index (χ4v) is 5.13. The maximum Gasteiger partial charge on any atom is 0.262 e. The molecule has 8 nitrogen and oxygen atoms in total. The maximum absolute atomic E-state index is 14.6. The van der Waals surface area contributed by atoms with Crippen molar-refractivity contribution in [2.24, 2.45) is 5.10 Å². The Morgan fingerprint density at radius 1 is 1.02 bits per heavy atom. The zero-order chi connectivity index (χ0) is 28.8. The number of hydrogen-bond acceptors (Lipinski definition) is 6. The first-order valence-corrected chi connectivity index (χ1v) is 13.9. The molecule has 0 spiro atoms. The Kier molecular flexibility index (Phi) is 9.06. The van der Waals surface area contributed by atoms with E-state index in [4.69, 9.17) is 14.6 Å². The summed E-state index contributed by atoms with van der Waals surface area (Å²) in [5, 5.41) is 6.25. The van der Waals surface area contributed by atoms with Gasteiger partial charge in [0.15, 0.2) is 0 Å². The van der Waals surface area contributed by atoms with Gasteiger partial charge in [-0.2, -0.15) is 5.10 Å². The maximum atomic E-state index is 14.6. The van der Waals surface area contributed by atoms with Crippen molar-refractivity contribution < 1.29 is 23.5 Å². The largest absolute Gasteiger partial charge is 0.497 e. The van der Waals surface area contributed by atoms with Gasteiger partial charge in [0.25, 0.3) is 11.8 Å². The van der Waals surface area contributed by atoms with E-state index in [9.17, 15) is 14.0 Å². The molecule has 2 heterocycles. The van der Waals surface area contributed by atoms with Crippen molar-refractivity contribution in [3.8, 4) is 5.75 Å². The van der Waals surface area contributed by atoms with Crippen LogP contribution in [0.1, 0.15) is 39.5 Å². The minimum Gasteiger partial charge on any atom is -0.497 e. The minimum absolute atomic E-state index is 0.0544. The lowest BCUT2D eigenvalue weighted by molar-refractivity contribution is -0.133. The molecule has 5 rings (SSSR count). The molecule has 0 aromatic heterocycles. The van der Waals surface area contributed by atoms with Crippen molar-refractivity contribution in [3.05, 3.63) is 101 Å². The quantitative estimate of drug-likeness (QED) is 0.392. The molecule has 3 aromatic carbocycles. The second-order valence-electron chi connectivity index (χ2n) is 10.3. The second kappa shape index (κ2) is 13.1. The van der Waals surface area contributed by atoms with Gasteiger partial charge in [0.05, 0.1) is 37.6 Å². The summed E-state index contributed by atoms with van der Waals surface area (Å²) in [4.78, 5) is 31.1. The molecule has 3 aromatic rings. The number of nitrogens with zero attached hydrogens (tertiary/aromatic N) is 4. The topological polar surface area (TPSA) is 74.7 Å².